The Labute approximate surface area is 160 Å². The Morgan fingerprint density at radius 3 is 2.62 bits per heavy atom. The molecule has 8 heteroatoms. The Hall–Kier alpha value is -1.90. The third kappa shape index (κ3) is 4.63. The smallest absolute Gasteiger partial charge is 0.282 e. The lowest BCUT2D eigenvalue weighted by atomic mass is 10.2. The number of aliphatic hydroxyl groups excluding tert-OH is 1. The maximum atomic E-state index is 12.0. The van der Waals surface area contributed by atoms with Gasteiger partial charge in [-0.2, -0.15) is 5.10 Å². The van der Waals surface area contributed by atoms with E-state index in [0.717, 1.165) is 37.6 Å². The third-order valence-electron chi connectivity index (χ3n) is 4.43. The van der Waals surface area contributed by atoms with E-state index in [1.807, 2.05) is 30.3 Å². The number of ether oxygens (including phenoxy) is 1. The molecule has 1 atom stereocenters. The highest BCUT2D eigenvalue weighted by Crippen LogP contribution is 2.22. The van der Waals surface area contributed by atoms with Gasteiger partial charge in [0.2, 0.25) is 0 Å². The fraction of sp³-hybridized carbons (Fsp3) is 0.444. The van der Waals surface area contributed by atoms with E-state index in [1.54, 1.807) is 13.2 Å². The third-order valence-corrected chi connectivity index (χ3v) is 5.17. The Bertz CT molecular complexity index is 776. The minimum absolute atomic E-state index is 0.140. The molecule has 1 aliphatic rings. The highest BCUT2D eigenvalue weighted by Gasteiger charge is 2.22. The van der Waals surface area contributed by atoms with Gasteiger partial charge in [-0.3, -0.25) is 9.69 Å². The zero-order valence-corrected chi connectivity index (χ0v) is 16.3. The van der Waals surface area contributed by atoms with Crippen LogP contribution in [0.1, 0.15) is 0 Å². The summed E-state index contributed by atoms with van der Waals surface area (Å²) in [5, 5.41) is 14.3. The average Bonchev–Trinajstić information content (AvgIpc) is 2.66. The van der Waals surface area contributed by atoms with Gasteiger partial charge in [-0.05, 0) is 28.1 Å². The number of halogens is 1. The molecular formula is C18H23BrN4O3. The lowest BCUT2D eigenvalue weighted by Gasteiger charge is -2.36. The molecule has 1 N–H and O–H groups in total. The summed E-state index contributed by atoms with van der Waals surface area (Å²) in [6, 6.07) is 9.50. The van der Waals surface area contributed by atoms with E-state index in [4.69, 9.17) is 4.74 Å². The summed E-state index contributed by atoms with van der Waals surface area (Å²) < 4.78 is 7.46. The van der Waals surface area contributed by atoms with Crippen molar-refractivity contribution in [3.63, 3.8) is 0 Å². The topological polar surface area (TPSA) is 70.8 Å². The monoisotopic (exact) mass is 422 g/mol. The van der Waals surface area contributed by atoms with Crippen LogP contribution < -0.4 is 15.2 Å². The Kier molecular flexibility index (Phi) is 6.29. The Morgan fingerprint density at radius 1 is 1.23 bits per heavy atom. The quantitative estimate of drug-likeness (QED) is 0.751. The van der Waals surface area contributed by atoms with Gasteiger partial charge in [0.1, 0.15) is 22.9 Å². The fourth-order valence-electron chi connectivity index (χ4n) is 2.95. The first-order chi connectivity index (χ1) is 12.5. The lowest BCUT2D eigenvalue weighted by Crippen LogP contribution is -2.49. The van der Waals surface area contributed by atoms with Crippen LogP contribution in [0.3, 0.4) is 0 Å². The number of piperazine rings is 1. The number of β-amino-alcohol motifs (C(OH)–C–C–N with tert-alkyl or cyclic N) is 1. The summed E-state index contributed by atoms with van der Waals surface area (Å²) in [5.41, 5.74) is 0.680. The summed E-state index contributed by atoms with van der Waals surface area (Å²) >= 11 is 3.38. The number of aliphatic hydroxyl groups is 1. The van der Waals surface area contributed by atoms with Gasteiger partial charge in [-0.15, -0.1) is 0 Å². The second kappa shape index (κ2) is 8.66. The molecule has 0 bridgehead atoms. The zero-order valence-electron chi connectivity index (χ0n) is 14.7. The van der Waals surface area contributed by atoms with Gasteiger partial charge in [0, 0.05) is 39.8 Å². The standard InChI is InChI=1S/C18H23BrN4O3/c1-21-18(25)17(19)16(11-20-21)23-9-7-22(8-10-23)12-14(24)13-26-15-5-3-2-4-6-15/h2-6,11,14,24H,7-10,12-13H2,1H3. The van der Waals surface area contributed by atoms with Crippen molar-refractivity contribution in [2.45, 2.75) is 6.10 Å². The number of aryl methyl sites for hydroxylation is 1. The predicted molar refractivity (Wildman–Crippen MR) is 104 cm³/mol. The van der Waals surface area contributed by atoms with E-state index < -0.39 is 6.10 Å². The maximum Gasteiger partial charge on any atom is 0.282 e. The SMILES string of the molecule is Cn1ncc(N2CCN(CC(O)COc3ccccc3)CC2)c(Br)c1=O. The summed E-state index contributed by atoms with van der Waals surface area (Å²) in [5.74, 6) is 0.763. The van der Waals surface area contributed by atoms with Gasteiger partial charge in [0.05, 0.1) is 11.9 Å². The number of para-hydroxylation sites is 1. The number of rotatable bonds is 6. The average molecular weight is 423 g/mol. The molecule has 26 heavy (non-hydrogen) atoms. The number of anilines is 1. The normalized spacial score (nSPS) is 16.5. The molecule has 1 aliphatic heterocycles. The van der Waals surface area contributed by atoms with Crippen molar-refractivity contribution in [1.82, 2.24) is 14.7 Å². The number of aromatic nitrogens is 2. The first-order valence-electron chi connectivity index (χ1n) is 8.59. The van der Waals surface area contributed by atoms with Crippen molar-refractivity contribution in [3.05, 3.63) is 51.4 Å². The van der Waals surface area contributed by atoms with Crippen LogP contribution >= 0.6 is 15.9 Å². The molecule has 1 saturated heterocycles. The molecule has 0 aliphatic carbocycles. The number of benzene rings is 1. The zero-order chi connectivity index (χ0) is 18.5. The summed E-state index contributed by atoms with van der Waals surface area (Å²) in [4.78, 5) is 16.3. The van der Waals surface area contributed by atoms with Crippen molar-refractivity contribution in [3.8, 4) is 5.75 Å². The van der Waals surface area contributed by atoms with E-state index in [2.05, 4.69) is 30.8 Å². The van der Waals surface area contributed by atoms with Gasteiger partial charge in [-0.25, -0.2) is 4.68 Å². The van der Waals surface area contributed by atoms with Gasteiger partial charge in [0.25, 0.3) is 5.56 Å². The second-order valence-electron chi connectivity index (χ2n) is 6.34. The van der Waals surface area contributed by atoms with Crippen LogP contribution in [0.4, 0.5) is 5.69 Å². The molecule has 0 amide bonds. The molecule has 0 radical (unpaired) electrons. The van der Waals surface area contributed by atoms with Crippen LogP contribution in [0.15, 0.2) is 45.8 Å². The highest BCUT2D eigenvalue weighted by molar-refractivity contribution is 9.10. The van der Waals surface area contributed by atoms with Crippen molar-refractivity contribution >= 4 is 21.6 Å². The Morgan fingerprint density at radius 2 is 1.92 bits per heavy atom. The summed E-state index contributed by atoms with van der Waals surface area (Å²) in [7, 11) is 1.63. The first-order valence-corrected chi connectivity index (χ1v) is 9.39. The van der Waals surface area contributed by atoms with Crippen LogP contribution in [0.5, 0.6) is 5.75 Å². The van der Waals surface area contributed by atoms with Crippen molar-refractivity contribution in [1.29, 1.82) is 0 Å². The van der Waals surface area contributed by atoms with E-state index in [9.17, 15) is 9.90 Å². The molecule has 7 nitrogen and oxygen atoms in total. The Balaban J connectivity index is 1.48. The fourth-order valence-corrected chi connectivity index (χ4v) is 3.56. The number of hydrogen-bond acceptors (Lipinski definition) is 6. The molecule has 0 saturated carbocycles. The molecule has 2 aromatic rings. The highest BCUT2D eigenvalue weighted by atomic mass is 79.9. The van der Waals surface area contributed by atoms with E-state index in [1.165, 1.54) is 4.68 Å². The van der Waals surface area contributed by atoms with E-state index in [-0.39, 0.29) is 12.2 Å². The second-order valence-corrected chi connectivity index (χ2v) is 7.13. The largest absolute Gasteiger partial charge is 0.491 e. The molecule has 3 rings (SSSR count). The van der Waals surface area contributed by atoms with Gasteiger partial charge in [-0.1, -0.05) is 18.2 Å². The van der Waals surface area contributed by atoms with Gasteiger partial charge in [0.15, 0.2) is 0 Å². The van der Waals surface area contributed by atoms with Crippen molar-refractivity contribution in [2.24, 2.45) is 7.05 Å². The molecule has 1 aromatic carbocycles. The van der Waals surface area contributed by atoms with Crippen LogP contribution in [0.2, 0.25) is 0 Å². The molecule has 1 unspecified atom stereocenters. The first kappa shape index (κ1) is 18.9. The predicted octanol–water partition coefficient (Wildman–Crippen LogP) is 1.10. The molecule has 1 aromatic heterocycles. The van der Waals surface area contributed by atoms with Crippen molar-refractivity contribution in [2.75, 3.05) is 44.2 Å². The van der Waals surface area contributed by atoms with Crippen LogP contribution in [0.25, 0.3) is 0 Å². The maximum absolute atomic E-state index is 12.0. The van der Waals surface area contributed by atoms with Gasteiger partial charge >= 0.3 is 0 Å². The van der Waals surface area contributed by atoms with E-state index in [0.29, 0.717) is 11.0 Å². The molecule has 140 valence electrons. The molecule has 0 spiro atoms. The summed E-state index contributed by atoms with van der Waals surface area (Å²) in [6.07, 6.45) is 1.17. The van der Waals surface area contributed by atoms with E-state index >= 15 is 0 Å². The van der Waals surface area contributed by atoms with Crippen LogP contribution in [-0.2, 0) is 7.05 Å². The lowest BCUT2D eigenvalue weighted by molar-refractivity contribution is 0.0663. The molecule has 1 fully saturated rings. The van der Waals surface area contributed by atoms with Crippen LogP contribution in [-0.4, -0.2) is 65.2 Å². The molecular weight excluding hydrogens is 400 g/mol. The molecule has 2 heterocycles. The minimum Gasteiger partial charge on any atom is -0.491 e. The minimum atomic E-state index is -0.542. The summed E-state index contributed by atoms with van der Waals surface area (Å²) in [6.45, 7) is 4.01. The van der Waals surface area contributed by atoms with Gasteiger partial charge < -0.3 is 14.7 Å². The number of nitrogens with zero attached hydrogens (tertiary/aromatic N) is 4. The van der Waals surface area contributed by atoms with Crippen molar-refractivity contribution < 1.29 is 9.84 Å². The number of hydrogen-bond donors (Lipinski definition) is 1. The van der Waals surface area contributed by atoms with Crippen LogP contribution in [0, 0.1) is 0 Å².